The predicted octanol–water partition coefficient (Wildman–Crippen LogP) is 5.45. The van der Waals surface area contributed by atoms with Crippen LogP contribution in [-0.2, 0) is 0 Å². The van der Waals surface area contributed by atoms with Crippen molar-refractivity contribution in [2.75, 3.05) is 19.0 Å². The molecule has 4 rings (SSSR count). The summed E-state index contributed by atoms with van der Waals surface area (Å²) in [6.45, 7) is 9.35. The molecule has 1 aliphatic heterocycles. The lowest BCUT2D eigenvalue weighted by molar-refractivity contribution is -0.0120. The van der Waals surface area contributed by atoms with Crippen LogP contribution >= 0.6 is 11.3 Å². The fraction of sp³-hybridized carbons (Fsp3) is 0.478. The summed E-state index contributed by atoms with van der Waals surface area (Å²) >= 11 is 1.77. The van der Waals surface area contributed by atoms with Crippen molar-refractivity contribution in [2.24, 2.45) is 0 Å². The van der Waals surface area contributed by atoms with Gasteiger partial charge in [0.15, 0.2) is 5.82 Å². The van der Waals surface area contributed by atoms with Crippen molar-refractivity contribution in [3.05, 3.63) is 42.5 Å². The van der Waals surface area contributed by atoms with Crippen LogP contribution in [0, 0.1) is 0 Å². The average Bonchev–Trinajstić information content (AvgIpc) is 3.09. The van der Waals surface area contributed by atoms with E-state index in [4.69, 9.17) is 0 Å². The van der Waals surface area contributed by atoms with Gasteiger partial charge in [-0.2, -0.15) is 0 Å². The Morgan fingerprint density at radius 3 is 2.29 bits per heavy atom. The third-order valence-electron chi connectivity index (χ3n) is 6.52. The molecule has 3 aromatic rings. The topological polar surface area (TPSA) is 32.3 Å². The number of aromatic nitrogens is 2. The minimum atomic E-state index is 0.158. The molecule has 0 atom stereocenters. The van der Waals surface area contributed by atoms with E-state index in [1.165, 1.54) is 15.0 Å². The van der Waals surface area contributed by atoms with Crippen molar-refractivity contribution in [3.8, 4) is 10.6 Å². The van der Waals surface area contributed by atoms with Crippen molar-refractivity contribution in [1.29, 1.82) is 0 Å². The van der Waals surface area contributed by atoms with E-state index in [0.717, 1.165) is 24.4 Å². The summed E-state index contributed by atoms with van der Waals surface area (Å²) in [6.07, 6.45) is 2.23. The van der Waals surface area contributed by atoms with Gasteiger partial charge >= 0.3 is 0 Å². The van der Waals surface area contributed by atoms with Crippen molar-refractivity contribution in [1.82, 2.24) is 15.1 Å². The Hall–Kier alpha value is -1.98. The zero-order valence-corrected chi connectivity index (χ0v) is 18.5. The number of fused-ring (bicyclic) bond motifs is 1. The summed E-state index contributed by atoms with van der Waals surface area (Å²) in [4.78, 5) is 6.00. The summed E-state index contributed by atoms with van der Waals surface area (Å²) < 4.78 is 1.29. The molecule has 3 heterocycles. The molecule has 148 valence electrons. The van der Waals surface area contributed by atoms with Crippen LogP contribution in [-0.4, -0.2) is 46.3 Å². The van der Waals surface area contributed by atoms with Gasteiger partial charge < -0.3 is 4.90 Å². The van der Waals surface area contributed by atoms with Gasteiger partial charge in [-0.1, -0.05) is 18.2 Å². The summed E-state index contributed by atoms with van der Waals surface area (Å²) in [7, 11) is 4.40. The van der Waals surface area contributed by atoms with Gasteiger partial charge in [0.2, 0.25) is 0 Å². The van der Waals surface area contributed by atoms with Gasteiger partial charge in [-0.15, -0.1) is 21.5 Å². The lowest BCUT2D eigenvalue weighted by Gasteiger charge is -2.55. The molecule has 1 fully saturated rings. The van der Waals surface area contributed by atoms with Gasteiger partial charge in [-0.05, 0) is 77.2 Å². The number of nitrogens with zero attached hydrogens (tertiary/aromatic N) is 4. The minimum Gasteiger partial charge on any atom is -0.355 e. The Morgan fingerprint density at radius 1 is 1.00 bits per heavy atom. The monoisotopic (exact) mass is 394 g/mol. The van der Waals surface area contributed by atoms with Crippen LogP contribution in [0.25, 0.3) is 20.7 Å². The zero-order chi connectivity index (χ0) is 20.1. The highest BCUT2D eigenvalue weighted by atomic mass is 32.1. The number of rotatable bonds is 3. The normalized spacial score (nSPS) is 19.8. The molecule has 0 spiro atoms. The molecule has 0 N–H and O–H groups in total. The Bertz CT molecular complexity index is 923. The van der Waals surface area contributed by atoms with E-state index in [0.29, 0.717) is 6.04 Å². The standard InChI is InChI=1S/C23H30N4S/c1-22(2)14-17(15-23(3,4)27(22)6)26(5)21-12-11-18(24-25-21)20-13-16-9-7-8-10-19(16)28-20/h7-13,17H,14-15H2,1-6H3. The number of likely N-dealkylation sites (tertiary alicyclic amines) is 1. The molecular formula is C23H30N4S. The maximum absolute atomic E-state index is 4.58. The van der Waals surface area contributed by atoms with E-state index in [2.05, 4.69) is 104 Å². The number of piperidine rings is 1. The van der Waals surface area contributed by atoms with E-state index >= 15 is 0 Å². The molecule has 0 bridgehead atoms. The Kier molecular flexibility index (Phi) is 4.71. The van der Waals surface area contributed by atoms with Crippen LogP contribution in [0.5, 0.6) is 0 Å². The van der Waals surface area contributed by atoms with Crippen LogP contribution < -0.4 is 4.90 Å². The van der Waals surface area contributed by atoms with Gasteiger partial charge in [0, 0.05) is 28.9 Å². The van der Waals surface area contributed by atoms with E-state index in [9.17, 15) is 0 Å². The maximum atomic E-state index is 4.58. The number of hydrogen-bond donors (Lipinski definition) is 0. The highest BCUT2D eigenvalue weighted by Crippen LogP contribution is 2.39. The van der Waals surface area contributed by atoms with Crippen molar-refractivity contribution >= 4 is 27.2 Å². The van der Waals surface area contributed by atoms with Crippen LogP contribution in [0.15, 0.2) is 42.5 Å². The third kappa shape index (κ3) is 3.42. The first-order valence-electron chi connectivity index (χ1n) is 9.97. The third-order valence-corrected chi connectivity index (χ3v) is 7.66. The van der Waals surface area contributed by atoms with Gasteiger partial charge in [0.25, 0.3) is 0 Å². The Morgan fingerprint density at radius 2 is 1.68 bits per heavy atom. The molecule has 0 unspecified atom stereocenters. The van der Waals surface area contributed by atoms with Gasteiger partial charge in [-0.3, -0.25) is 4.90 Å². The summed E-state index contributed by atoms with van der Waals surface area (Å²) in [5.41, 5.74) is 1.26. The van der Waals surface area contributed by atoms with Crippen molar-refractivity contribution in [2.45, 2.75) is 57.7 Å². The van der Waals surface area contributed by atoms with Crippen molar-refractivity contribution < 1.29 is 0 Å². The van der Waals surface area contributed by atoms with Crippen LogP contribution in [0.3, 0.4) is 0 Å². The van der Waals surface area contributed by atoms with Gasteiger partial charge in [0.1, 0.15) is 5.69 Å². The smallest absolute Gasteiger partial charge is 0.151 e. The van der Waals surface area contributed by atoms with Crippen molar-refractivity contribution in [3.63, 3.8) is 0 Å². The number of anilines is 1. The highest BCUT2D eigenvalue weighted by molar-refractivity contribution is 7.22. The van der Waals surface area contributed by atoms with E-state index < -0.39 is 0 Å². The molecule has 28 heavy (non-hydrogen) atoms. The van der Waals surface area contributed by atoms with Crippen LogP contribution in [0.4, 0.5) is 5.82 Å². The molecule has 4 nitrogen and oxygen atoms in total. The lowest BCUT2D eigenvalue weighted by Crippen LogP contribution is -2.62. The molecule has 1 aliphatic rings. The maximum Gasteiger partial charge on any atom is 0.151 e. The second-order valence-electron chi connectivity index (χ2n) is 9.28. The molecule has 0 amide bonds. The SMILES string of the molecule is CN(c1ccc(-c2cc3ccccc3s2)nn1)C1CC(C)(C)N(C)C(C)(C)C1. The largest absolute Gasteiger partial charge is 0.355 e. The van der Waals surface area contributed by atoms with Gasteiger partial charge in [-0.25, -0.2) is 0 Å². The molecule has 0 aliphatic carbocycles. The fourth-order valence-corrected chi connectivity index (χ4v) is 5.56. The number of benzene rings is 1. The second kappa shape index (κ2) is 6.82. The second-order valence-corrected chi connectivity index (χ2v) is 10.4. The quantitative estimate of drug-likeness (QED) is 0.592. The molecular weight excluding hydrogens is 364 g/mol. The predicted molar refractivity (Wildman–Crippen MR) is 120 cm³/mol. The fourth-order valence-electron chi connectivity index (χ4n) is 4.53. The molecule has 0 radical (unpaired) electrons. The molecule has 1 aromatic carbocycles. The van der Waals surface area contributed by atoms with E-state index in [1.54, 1.807) is 11.3 Å². The average molecular weight is 395 g/mol. The minimum absolute atomic E-state index is 0.158. The number of hydrogen-bond acceptors (Lipinski definition) is 5. The Balaban J connectivity index is 1.56. The summed E-state index contributed by atoms with van der Waals surface area (Å²) in [6, 6.07) is 15.3. The zero-order valence-electron chi connectivity index (χ0n) is 17.7. The summed E-state index contributed by atoms with van der Waals surface area (Å²) in [5, 5.41) is 10.4. The first kappa shape index (κ1) is 19.3. The highest BCUT2D eigenvalue weighted by Gasteiger charge is 2.44. The van der Waals surface area contributed by atoms with Crippen LogP contribution in [0.1, 0.15) is 40.5 Å². The molecule has 1 saturated heterocycles. The van der Waals surface area contributed by atoms with E-state index in [1.807, 2.05) is 0 Å². The van der Waals surface area contributed by atoms with Crippen LogP contribution in [0.2, 0.25) is 0 Å². The number of thiophene rings is 1. The summed E-state index contributed by atoms with van der Waals surface area (Å²) in [5.74, 6) is 0.950. The first-order valence-corrected chi connectivity index (χ1v) is 10.8. The van der Waals surface area contributed by atoms with E-state index in [-0.39, 0.29) is 11.1 Å². The van der Waals surface area contributed by atoms with Gasteiger partial charge in [0.05, 0.1) is 4.88 Å². The molecule has 5 heteroatoms. The first-order chi connectivity index (χ1) is 13.2. The molecule has 2 aromatic heterocycles. The lowest BCUT2D eigenvalue weighted by atomic mass is 9.77. The Labute approximate surface area is 172 Å². The molecule has 0 saturated carbocycles.